The summed E-state index contributed by atoms with van der Waals surface area (Å²) in [6, 6.07) is 10.8. The molecule has 0 nitrogen and oxygen atoms in total. The SMILES string of the molecule is C.C.C.C=C(C)C1=C(CCc2ccccc2)C=C(C)C(CCC(C)C)=C(C)C1.CC. The van der Waals surface area contributed by atoms with Crippen molar-refractivity contribution in [3.05, 3.63) is 82.0 Å². The molecule has 0 saturated heterocycles. The van der Waals surface area contributed by atoms with Crippen molar-refractivity contribution in [1.82, 2.24) is 0 Å². The maximum Gasteiger partial charge on any atom is -0.00588 e. The zero-order valence-corrected chi connectivity index (χ0v) is 18.8. The summed E-state index contributed by atoms with van der Waals surface area (Å²) in [7, 11) is 0. The highest BCUT2D eigenvalue weighted by Crippen LogP contribution is 2.35. The van der Waals surface area contributed by atoms with Crippen LogP contribution in [0.15, 0.2) is 76.4 Å². The first-order chi connectivity index (χ1) is 12.9. The molecule has 0 amide bonds. The first-order valence-electron chi connectivity index (χ1n) is 10.7. The molecule has 172 valence electrons. The number of aryl methyl sites for hydroxylation is 1. The Labute approximate surface area is 190 Å². The third-order valence-electron chi connectivity index (χ3n) is 5.22. The van der Waals surface area contributed by atoms with Crippen LogP contribution >= 0.6 is 0 Å². The lowest BCUT2D eigenvalue weighted by molar-refractivity contribution is 0.584. The van der Waals surface area contributed by atoms with Crippen molar-refractivity contribution < 1.29 is 0 Å². The van der Waals surface area contributed by atoms with Gasteiger partial charge in [-0.3, -0.25) is 0 Å². The normalized spacial score (nSPS) is 13.1. The number of hydrogen-bond acceptors (Lipinski definition) is 0. The van der Waals surface area contributed by atoms with Crippen LogP contribution in [0.4, 0.5) is 0 Å². The Kier molecular flexibility index (Phi) is 18.5. The van der Waals surface area contributed by atoms with Crippen molar-refractivity contribution in [3.8, 4) is 0 Å². The van der Waals surface area contributed by atoms with Crippen molar-refractivity contribution in [2.24, 2.45) is 5.92 Å². The summed E-state index contributed by atoms with van der Waals surface area (Å²) in [4.78, 5) is 0. The molecular formula is C30H52. The topological polar surface area (TPSA) is 0 Å². The van der Waals surface area contributed by atoms with Gasteiger partial charge in [0.25, 0.3) is 0 Å². The standard InChI is InChI=1S/C25H34.C2H6.3CH4/c1-18(2)12-15-24-20(5)16-23(25(19(3)4)17-21(24)6)14-13-22-10-8-7-9-11-22;1-2;;;/h7-11,16,18H,3,12-15,17H2,1-2,4-6H3;1-2H3;3*1H4. The molecule has 1 aliphatic rings. The second-order valence-electron chi connectivity index (χ2n) is 7.97. The van der Waals surface area contributed by atoms with Crippen LogP contribution in [0.1, 0.15) is 102 Å². The number of allylic oxidation sites excluding steroid dienone is 7. The van der Waals surface area contributed by atoms with Crippen LogP contribution in [0, 0.1) is 5.92 Å². The van der Waals surface area contributed by atoms with Gasteiger partial charge in [-0.05, 0) is 86.6 Å². The third-order valence-corrected chi connectivity index (χ3v) is 5.22. The number of rotatable bonds is 7. The van der Waals surface area contributed by atoms with Gasteiger partial charge in [0.2, 0.25) is 0 Å². The zero-order valence-electron chi connectivity index (χ0n) is 18.8. The van der Waals surface area contributed by atoms with E-state index in [-0.39, 0.29) is 22.3 Å². The van der Waals surface area contributed by atoms with Crippen molar-refractivity contribution in [3.63, 3.8) is 0 Å². The molecule has 0 bridgehead atoms. The smallest absolute Gasteiger partial charge is 0.00588 e. The van der Waals surface area contributed by atoms with Gasteiger partial charge < -0.3 is 0 Å². The summed E-state index contributed by atoms with van der Waals surface area (Å²) >= 11 is 0. The minimum atomic E-state index is 0. The predicted octanol–water partition coefficient (Wildman–Crippen LogP) is 10.5. The second-order valence-corrected chi connectivity index (χ2v) is 7.97. The monoisotopic (exact) mass is 412 g/mol. The molecule has 0 unspecified atom stereocenters. The van der Waals surface area contributed by atoms with Crippen LogP contribution in [0.5, 0.6) is 0 Å². The van der Waals surface area contributed by atoms with Gasteiger partial charge in [0.1, 0.15) is 0 Å². The van der Waals surface area contributed by atoms with Crippen molar-refractivity contribution in [2.45, 2.75) is 103 Å². The van der Waals surface area contributed by atoms with Crippen LogP contribution in [0.2, 0.25) is 0 Å². The summed E-state index contributed by atoms with van der Waals surface area (Å²) in [5.41, 5.74) is 10.1. The first kappa shape index (κ1) is 32.8. The van der Waals surface area contributed by atoms with Gasteiger partial charge in [0.05, 0.1) is 0 Å². The molecule has 0 aromatic heterocycles. The lowest BCUT2D eigenvalue weighted by Crippen LogP contribution is -1.96. The van der Waals surface area contributed by atoms with E-state index in [2.05, 4.69) is 77.6 Å². The molecule has 2 rings (SSSR count). The molecule has 0 radical (unpaired) electrons. The highest BCUT2D eigenvalue weighted by atomic mass is 14.2. The van der Waals surface area contributed by atoms with Crippen molar-refractivity contribution >= 4 is 0 Å². The summed E-state index contributed by atoms with van der Waals surface area (Å²) < 4.78 is 0. The molecule has 0 fully saturated rings. The molecule has 0 heterocycles. The van der Waals surface area contributed by atoms with Gasteiger partial charge in [-0.1, -0.05) is 104 Å². The van der Waals surface area contributed by atoms with E-state index in [1.807, 2.05) is 13.8 Å². The van der Waals surface area contributed by atoms with Gasteiger partial charge >= 0.3 is 0 Å². The largest absolute Gasteiger partial charge is 0.0958 e. The summed E-state index contributed by atoms with van der Waals surface area (Å²) in [5.74, 6) is 0.752. The molecule has 1 aliphatic carbocycles. The van der Waals surface area contributed by atoms with Crippen LogP contribution < -0.4 is 0 Å². The second kappa shape index (κ2) is 16.9. The van der Waals surface area contributed by atoms with E-state index in [1.54, 1.807) is 5.57 Å². The fraction of sp³-hybridized carbons (Fsp3) is 0.533. The third kappa shape index (κ3) is 10.3. The molecule has 1 aromatic rings. The van der Waals surface area contributed by atoms with Crippen LogP contribution in [-0.2, 0) is 6.42 Å². The maximum absolute atomic E-state index is 4.27. The average molecular weight is 413 g/mol. The fourth-order valence-corrected chi connectivity index (χ4v) is 3.67. The van der Waals surface area contributed by atoms with Gasteiger partial charge in [-0.25, -0.2) is 0 Å². The van der Waals surface area contributed by atoms with E-state index in [1.165, 1.54) is 46.3 Å². The molecule has 0 aliphatic heterocycles. The summed E-state index contributed by atoms with van der Waals surface area (Å²) in [5, 5.41) is 0. The van der Waals surface area contributed by atoms with Crippen molar-refractivity contribution in [1.29, 1.82) is 0 Å². The van der Waals surface area contributed by atoms with E-state index >= 15 is 0 Å². The lowest BCUT2D eigenvalue weighted by Gasteiger charge is -2.14. The molecular weight excluding hydrogens is 360 g/mol. The quantitative estimate of drug-likeness (QED) is 0.417. The highest BCUT2D eigenvalue weighted by Gasteiger charge is 2.16. The van der Waals surface area contributed by atoms with Gasteiger partial charge in [-0.2, -0.15) is 0 Å². The zero-order chi connectivity index (χ0) is 20.4. The maximum atomic E-state index is 4.27. The van der Waals surface area contributed by atoms with E-state index in [0.29, 0.717) is 0 Å². The Morgan fingerprint density at radius 2 is 1.50 bits per heavy atom. The highest BCUT2D eigenvalue weighted by molar-refractivity contribution is 5.50. The lowest BCUT2D eigenvalue weighted by atomic mass is 9.91. The molecule has 1 aromatic carbocycles. The Balaban J connectivity index is -0.00000141. The molecule has 0 saturated carbocycles. The van der Waals surface area contributed by atoms with Crippen LogP contribution in [0.3, 0.4) is 0 Å². The predicted molar refractivity (Wildman–Crippen MR) is 143 cm³/mol. The minimum absolute atomic E-state index is 0. The van der Waals surface area contributed by atoms with Crippen LogP contribution in [0.25, 0.3) is 0 Å². The van der Waals surface area contributed by atoms with Crippen molar-refractivity contribution in [2.75, 3.05) is 0 Å². The number of hydrogen-bond donors (Lipinski definition) is 0. The number of benzene rings is 1. The van der Waals surface area contributed by atoms with E-state index in [4.69, 9.17) is 0 Å². The Hall–Kier alpha value is -1.82. The minimum Gasteiger partial charge on any atom is -0.0958 e. The van der Waals surface area contributed by atoms with E-state index in [9.17, 15) is 0 Å². The first-order valence-corrected chi connectivity index (χ1v) is 10.7. The molecule has 30 heavy (non-hydrogen) atoms. The van der Waals surface area contributed by atoms with Crippen LogP contribution in [-0.4, -0.2) is 0 Å². The Morgan fingerprint density at radius 1 is 0.933 bits per heavy atom. The molecule has 0 heteroatoms. The fourth-order valence-electron chi connectivity index (χ4n) is 3.67. The van der Waals surface area contributed by atoms with Gasteiger partial charge in [0, 0.05) is 0 Å². The Morgan fingerprint density at radius 3 is 2.00 bits per heavy atom. The van der Waals surface area contributed by atoms with Gasteiger partial charge in [-0.15, -0.1) is 0 Å². The molecule has 0 N–H and O–H groups in total. The Bertz CT molecular complexity index is 693. The molecule has 0 spiro atoms. The summed E-state index contributed by atoms with van der Waals surface area (Å²) in [6.07, 6.45) is 8.14. The molecule has 0 atom stereocenters. The summed E-state index contributed by atoms with van der Waals surface area (Å²) in [6.45, 7) is 19.7. The van der Waals surface area contributed by atoms with E-state index in [0.717, 1.165) is 25.2 Å². The average Bonchev–Trinajstić information content (AvgIpc) is 2.77. The van der Waals surface area contributed by atoms with E-state index < -0.39 is 0 Å². The van der Waals surface area contributed by atoms with Gasteiger partial charge in [0.15, 0.2) is 0 Å².